The van der Waals surface area contributed by atoms with E-state index < -0.39 is 30.1 Å². The lowest BCUT2D eigenvalue weighted by Crippen LogP contribution is -2.37. The van der Waals surface area contributed by atoms with Gasteiger partial charge in [0, 0.05) is 18.7 Å². The Labute approximate surface area is 166 Å². The topological polar surface area (TPSA) is 90.1 Å². The number of hydrogen-bond donors (Lipinski definition) is 1. The van der Waals surface area contributed by atoms with Crippen LogP contribution in [0.15, 0.2) is 16.7 Å². The number of alkyl halides is 3. The molecule has 1 aliphatic carbocycles. The van der Waals surface area contributed by atoms with Crippen molar-refractivity contribution in [2.75, 3.05) is 6.61 Å². The molecule has 3 rings (SSSR count). The van der Waals surface area contributed by atoms with Crippen LogP contribution in [0.4, 0.5) is 13.2 Å². The molecule has 1 amide bonds. The van der Waals surface area contributed by atoms with Crippen LogP contribution in [0.5, 0.6) is 5.75 Å². The molecule has 0 bridgehead atoms. The zero-order valence-electron chi connectivity index (χ0n) is 16.6. The third-order valence-electron chi connectivity index (χ3n) is 4.47. The van der Waals surface area contributed by atoms with Crippen molar-refractivity contribution in [2.24, 2.45) is 5.41 Å². The summed E-state index contributed by atoms with van der Waals surface area (Å²) in [5, 5.41) is 10.7. The molecule has 1 aliphatic rings. The van der Waals surface area contributed by atoms with E-state index in [0.29, 0.717) is 11.5 Å². The summed E-state index contributed by atoms with van der Waals surface area (Å²) in [6.45, 7) is 5.91. The molecule has 158 valence electrons. The molecule has 0 spiro atoms. The Kier molecular flexibility index (Phi) is 5.55. The maximum atomic E-state index is 13.0. The van der Waals surface area contributed by atoms with E-state index in [9.17, 15) is 18.0 Å². The third kappa shape index (κ3) is 5.24. The van der Waals surface area contributed by atoms with Gasteiger partial charge in [-0.25, -0.2) is 0 Å². The zero-order valence-corrected chi connectivity index (χ0v) is 16.6. The van der Waals surface area contributed by atoms with Crippen LogP contribution in [0.3, 0.4) is 0 Å². The first-order valence-corrected chi connectivity index (χ1v) is 9.25. The third-order valence-corrected chi connectivity index (χ3v) is 4.47. The van der Waals surface area contributed by atoms with Crippen molar-refractivity contribution < 1.29 is 27.1 Å². The summed E-state index contributed by atoms with van der Waals surface area (Å²) >= 11 is 0. The second kappa shape index (κ2) is 7.64. The Balaban J connectivity index is 1.90. The minimum absolute atomic E-state index is 0.0333. The van der Waals surface area contributed by atoms with Crippen LogP contribution >= 0.6 is 0 Å². The molecule has 2 heterocycles. The van der Waals surface area contributed by atoms with E-state index in [1.165, 1.54) is 12.3 Å². The number of carbonyl (C=O) groups excluding carboxylic acids is 1. The number of pyridine rings is 1. The van der Waals surface area contributed by atoms with Crippen LogP contribution in [-0.4, -0.2) is 33.9 Å². The molecule has 0 aliphatic heterocycles. The highest BCUT2D eigenvalue weighted by Gasteiger charge is 2.37. The van der Waals surface area contributed by atoms with Crippen molar-refractivity contribution in [2.45, 2.75) is 58.7 Å². The summed E-state index contributed by atoms with van der Waals surface area (Å²) in [6.07, 6.45) is -1.67. The number of aryl methyl sites for hydroxylation is 1. The zero-order chi connectivity index (χ0) is 21.4. The Morgan fingerprint density at radius 3 is 2.52 bits per heavy atom. The highest BCUT2D eigenvalue weighted by Crippen LogP contribution is 2.46. The minimum Gasteiger partial charge on any atom is -0.484 e. The van der Waals surface area contributed by atoms with Gasteiger partial charge in [-0.05, 0) is 30.2 Å². The van der Waals surface area contributed by atoms with Gasteiger partial charge in [0.1, 0.15) is 17.5 Å². The number of aromatic nitrogens is 3. The van der Waals surface area contributed by atoms with Gasteiger partial charge in [0.05, 0.1) is 0 Å². The second-order valence-electron chi connectivity index (χ2n) is 8.18. The summed E-state index contributed by atoms with van der Waals surface area (Å²) in [5.74, 6) is 0.0705. The molecular formula is C19H23F3N4O3. The van der Waals surface area contributed by atoms with Crippen molar-refractivity contribution in [3.05, 3.63) is 35.3 Å². The number of rotatable bonds is 6. The molecule has 1 atom stereocenters. The number of carbonyl (C=O) groups is 1. The lowest BCUT2D eigenvalue weighted by Gasteiger charge is -2.28. The van der Waals surface area contributed by atoms with E-state index in [1.807, 2.05) is 20.8 Å². The number of nitrogens with zero attached hydrogens (tertiary/aromatic N) is 3. The first-order chi connectivity index (χ1) is 13.5. The average Bonchev–Trinajstić information content (AvgIpc) is 3.36. The van der Waals surface area contributed by atoms with E-state index in [4.69, 9.17) is 9.15 Å². The van der Waals surface area contributed by atoms with Gasteiger partial charge in [-0.2, -0.15) is 13.2 Å². The van der Waals surface area contributed by atoms with Crippen LogP contribution in [0.2, 0.25) is 0 Å². The Morgan fingerprint density at radius 2 is 2.00 bits per heavy atom. The number of hydrogen-bond acceptors (Lipinski definition) is 6. The fourth-order valence-electron chi connectivity index (χ4n) is 2.97. The molecule has 1 N–H and O–H groups in total. The number of amides is 1. The monoisotopic (exact) mass is 412 g/mol. The molecule has 2 aromatic heterocycles. The van der Waals surface area contributed by atoms with Gasteiger partial charge >= 0.3 is 6.18 Å². The molecule has 10 heteroatoms. The fourth-order valence-corrected chi connectivity index (χ4v) is 2.97. The van der Waals surface area contributed by atoms with Gasteiger partial charge < -0.3 is 14.5 Å². The summed E-state index contributed by atoms with van der Waals surface area (Å²) in [6, 6.07) is 0.753. The molecule has 1 unspecified atom stereocenters. The number of nitrogens with one attached hydrogen (secondary N) is 1. The maximum Gasteiger partial charge on any atom is 0.422 e. The van der Waals surface area contributed by atoms with Gasteiger partial charge in [-0.3, -0.25) is 9.78 Å². The van der Waals surface area contributed by atoms with Gasteiger partial charge in [-0.15, -0.1) is 10.2 Å². The number of halogens is 3. The van der Waals surface area contributed by atoms with E-state index >= 15 is 0 Å². The van der Waals surface area contributed by atoms with Gasteiger partial charge in [-0.1, -0.05) is 20.8 Å². The van der Waals surface area contributed by atoms with Crippen molar-refractivity contribution in [1.82, 2.24) is 20.5 Å². The van der Waals surface area contributed by atoms with Crippen LogP contribution in [0.25, 0.3) is 0 Å². The predicted molar refractivity (Wildman–Crippen MR) is 96.5 cm³/mol. The SMILES string of the molecule is Cc1nnc(C(NC(=O)c2nccc(OCC(F)(F)F)c2C2CC2)C(C)(C)C)o1. The quantitative estimate of drug-likeness (QED) is 0.768. The summed E-state index contributed by atoms with van der Waals surface area (Å²) < 4.78 is 48.3. The van der Waals surface area contributed by atoms with Crippen LogP contribution in [0, 0.1) is 12.3 Å². The van der Waals surface area contributed by atoms with E-state index in [2.05, 4.69) is 20.5 Å². The molecule has 7 nitrogen and oxygen atoms in total. The normalized spacial score (nSPS) is 15.8. The largest absolute Gasteiger partial charge is 0.484 e. The summed E-state index contributed by atoms with van der Waals surface area (Å²) in [4.78, 5) is 17.2. The van der Waals surface area contributed by atoms with Crippen molar-refractivity contribution in [3.8, 4) is 5.75 Å². The molecule has 29 heavy (non-hydrogen) atoms. The maximum absolute atomic E-state index is 13.0. The van der Waals surface area contributed by atoms with E-state index in [-0.39, 0.29) is 23.3 Å². The molecule has 0 aromatic carbocycles. The molecule has 0 saturated heterocycles. The smallest absolute Gasteiger partial charge is 0.422 e. The second-order valence-corrected chi connectivity index (χ2v) is 8.18. The van der Waals surface area contributed by atoms with E-state index in [0.717, 1.165) is 12.8 Å². The molecule has 1 fully saturated rings. The Morgan fingerprint density at radius 1 is 1.31 bits per heavy atom. The van der Waals surface area contributed by atoms with Crippen molar-refractivity contribution in [1.29, 1.82) is 0 Å². The van der Waals surface area contributed by atoms with Crippen molar-refractivity contribution >= 4 is 5.91 Å². The van der Waals surface area contributed by atoms with Gasteiger partial charge in [0.2, 0.25) is 11.8 Å². The minimum atomic E-state index is -4.47. The average molecular weight is 412 g/mol. The lowest BCUT2D eigenvalue weighted by molar-refractivity contribution is -0.153. The van der Waals surface area contributed by atoms with Crippen LogP contribution < -0.4 is 10.1 Å². The number of ether oxygens (including phenoxy) is 1. The molecule has 0 radical (unpaired) electrons. The lowest BCUT2D eigenvalue weighted by atomic mass is 9.86. The Hall–Kier alpha value is -2.65. The summed E-state index contributed by atoms with van der Waals surface area (Å²) in [5.41, 5.74) is -0.0000325. The van der Waals surface area contributed by atoms with Crippen LogP contribution in [0.1, 0.15) is 73.4 Å². The van der Waals surface area contributed by atoms with Gasteiger partial charge in [0.25, 0.3) is 5.91 Å². The molecule has 2 aromatic rings. The Bertz CT molecular complexity index is 886. The highest BCUT2D eigenvalue weighted by molar-refractivity contribution is 5.95. The summed E-state index contributed by atoms with van der Waals surface area (Å²) in [7, 11) is 0. The first-order valence-electron chi connectivity index (χ1n) is 9.25. The van der Waals surface area contributed by atoms with Crippen molar-refractivity contribution in [3.63, 3.8) is 0 Å². The molecule has 1 saturated carbocycles. The molecular weight excluding hydrogens is 389 g/mol. The fraction of sp³-hybridized carbons (Fsp3) is 0.579. The van der Waals surface area contributed by atoms with E-state index in [1.54, 1.807) is 6.92 Å². The highest BCUT2D eigenvalue weighted by atomic mass is 19.4. The first kappa shape index (κ1) is 21.1. The predicted octanol–water partition coefficient (Wildman–Crippen LogP) is 4.11. The standard InChI is InChI=1S/C19H23F3N4O3/c1-10-25-26-17(29-10)15(18(2,3)4)24-16(27)14-13(11-5-6-11)12(7-8-23-14)28-9-19(20,21)22/h7-8,11,15H,5-6,9H2,1-4H3,(H,24,27). The van der Waals surface area contributed by atoms with Crippen LogP contribution in [-0.2, 0) is 0 Å². The van der Waals surface area contributed by atoms with Gasteiger partial charge in [0.15, 0.2) is 6.61 Å².